The molecule has 0 radical (unpaired) electrons. The maximum Gasteiger partial charge on any atom is 0.261 e. The van der Waals surface area contributed by atoms with E-state index in [9.17, 15) is 17.6 Å². The van der Waals surface area contributed by atoms with Crippen molar-refractivity contribution in [1.29, 1.82) is 0 Å². The monoisotopic (exact) mass is 467 g/mol. The molecule has 1 saturated heterocycles. The Morgan fingerprint density at radius 2 is 1.77 bits per heavy atom. The largest absolute Gasteiger partial charge is 0.339 e. The van der Waals surface area contributed by atoms with Crippen molar-refractivity contribution in [3.8, 4) is 0 Å². The van der Waals surface area contributed by atoms with E-state index in [4.69, 9.17) is 11.6 Å². The average Bonchev–Trinajstić information content (AvgIpc) is 2.75. The van der Waals surface area contributed by atoms with Gasteiger partial charge in [-0.2, -0.15) is 0 Å². The molecule has 9 heteroatoms. The van der Waals surface area contributed by atoms with Gasteiger partial charge in [0.1, 0.15) is 5.82 Å². The number of nitrogens with zero attached hydrogens (tertiary/aromatic N) is 2. The molecule has 1 aliphatic heterocycles. The second-order valence-electron chi connectivity index (χ2n) is 8.04. The van der Waals surface area contributed by atoms with Gasteiger partial charge in [0, 0.05) is 43.5 Å². The molecule has 6 nitrogen and oxygen atoms in total. The van der Waals surface area contributed by atoms with Gasteiger partial charge in [-0.05, 0) is 69.2 Å². The first-order valence-corrected chi connectivity index (χ1v) is 12.0. The number of benzene rings is 2. The lowest BCUT2D eigenvalue weighted by Crippen LogP contribution is -2.47. The van der Waals surface area contributed by atoms with Gasteiger partial charge in [0.05, 0.1) is 9.92 Å². The van der Waals surface area contributed by atoms with Gasteiger partial charge in [0.15, 0.2) is 0 Å². The Bertz CT molecular complexity index is 1040. The van der Waals surface area contributed by atoms with Crippen LogP contribution in [0.1, 0.15) is 37.0 Å². The van der Waals surface area contributed by atoms with E-state index in [1.54, 1.807) is 17.0 Å². The fourth-order valence-corrected chi connectivity index (χ4v) is 5.03. The Hall–Kier alpha value is -2.16. The second-order valence-corrected chi connectivity index (χ2v) is 10.1. The van der Waals surface area contributed by atoms with Crippen molar-refractivity contribution in [3.05, 3.63) is 58.9 Å². The zero-order chi connectivity index (χ0) is 22.8. The van der Waals surface area contributed by atoms with Gasteiger partial charge in [-0.25, -0.2) is 12.8 Å². The highest BCUT2D eigenvalue weighted by Gasteiger charge is 2.27. The van der Waals surface area contributed by atoms with E-state index >= 15 is 0 Å². The van der Waals surface area contributed by atoms with Crippen LogP contribution >= 0.6 is 11.6 Å². The number of likely N-dealkylation sites (tertiary alicyclic amines) is 1. The highest BCUT2D eigenvalue weighted by atomic mass is 35.5. The van der Waals surface area contributed by atoms with Gasteiger partial charge in [-0.1, -0.05) is 11.6 Å². The van der Waals surface area contributed by atoms with Crippen molar-refractivity contribution < 1.29 is 17.6 Å². The quantitative estimate of drug-likeness (QED) is 0.690. The van der Waals surface area contributed by atoms with Crippen LogP contribution < -0.4 is 4.72 Å². The van der Waals surface area contributed by atoms with E-state index in [0.29, 0.717) is 17.3 Å². The van der Waals surface area contributed by atoms with Gasteiger partial charge < -0.3 is 9.80 Å². The summed E-state index contributed by atoms with van der Waals surface area (Å²) in [5.41, 5.74) is 0.784. The van der Waals surface area contributed by atoms with Crippen LogP contribution in [0.25, 0.3) is 0 Å². The number of carbonyl (C=O) groups excluding carboxylic acids is 1. The molecule has 168 valence electrons. The van der Waals surface area contributed by atoms with Crippen molar-refractivity contribution in [1.82, 2.24) is 9.80 Å². The van der Waals surface area contributed by atoms with Crippen molar-refractivity contribution in [3.63, 3.8) is 0 Å². The van der Waals surface area contributed by atoms with Gasteiger partial charge >= 0.3 is 0 Å². The Labute approximate surface area is 188 Å². The predicted molar refractivity (Wildman–Crippen MR) is 120 cm³/mol. The first-order chi connectivity index (χ1) is 14.6. The molecule has 1 amide bonds. The SMILES string of the molecule is CC(C)N1CCC(N(C)C(=O)c2ccc(NS(=O)(=O)c3ccc(F)c(Cl)c3)cc2)CC1. The van der Waals surface area contributed by atoms with Crippen molar-refractivity contribution in [2.45, 2.75) is 43.7 Å². The van der Waals surface area contributed by atoms with E-state index in [-0.39, 0.29) is 21.9 Å². The van der Waals surface area contributed by atoms with Gasteiger partial charge in [-0.3, -0.25) is 9.52 Å². The molecular weight excluding hydrogens is 441 g/mol. The molecule has 3 rings (SSSR count). The molecule has 2 aromatic rings. The number of amides is 1. The Morgan fingerprint density at radius 1 is 1.16 bits per heavy atom. The summed E-state index contributed by atoms with van der Waals surface area (Å²) in [6.07, 6.45) is 1.86. The van der Waals surface area contributed by atoms with E-state index in [1.165, 1.54) is 12.1 Å². The van der Waals surface area contributed by atoms with Gasteiger partial charge in [0.25, 0.3) is 15.9 Å². The third kappa shape index (κ3) is 5.56. The van der Waals surface area contributed by atoms with Crippen molar-refractivity contribution in [2.75, 3.05) is 24.9 Å². The summed E-state index contributed by atoms with van der Waals surface area (Å²) in [7, 11) is -2.12. The standard InChI is InChI=1S/C22H27ClFN3O3S/c1-15(2)27-12-10-18(11-13-27)26(3)22(28)16-4-6-17(7-5-16)25-31(29,30)19-8-9-21(24)20(23)14-19/h4-9,14-15,18,25H,10-13H2,1-3H3. The van der Waals surface area contributed by atoms with Crippen LogP contribution in [-0.4, -0.2) is 56.3 Å². The molecule has 0 spiro atoms. The molecule has 0 bridgehead atoms. The van der Waals surface area contributed by atoms with Crippen LogP contribution in [0, 0.1) is 5.82 Å². The molecule has 1 N–H and O–H groups in total. The lowest BCUT2D eigenvalue weighted by molar-refractivity contribution is 0.0615. The normalized spacial score (nSPS) is 15.8. The van der Waals surface area contributed by atoms with E-state index in [1.807, 2.05) is 7.05 Å². The van der Waals surface area contributed by atoms with E-state index in [2.05, 4.69) is 23.5 Å². The third-order valence-corrected chi connectivity index (χ3v) is 7.35. The zero-order valence-electron chi connectivity index (χ0n) is 17.8. The summed E-state index contributed by atoms with van der Waals surface area (Å²) in [5, 5.41) is -0.272. The number of carbonyl (C=O) groups is 1. The molecule has 0 atom stereocenters. The summed E-state index contributed by atoms with van der Waals surface area (Å²) in [6, 6.07) is 10.1. The van der Waals surface area contributed by atoms with E-state index in [0.717, 1.165) is 44.1 Å². The second kappa shape index (κ2) is 9.54. The molecule has 1 aliphatic rings. The molecule has 0 aromatic heterocycles. The first-order valence-electron chi connectivity index (χ1n) is 10.2. The minimum absolute atomic E-state index is 0.0947. The van der Waals surface area contributed by atoms with Crippen molar-refractivity contribution in [2.24, 2.45) is 0 Å². The summed E-state index contributed by atoms with van der Waals surface area (Å²) in [6.45, 7) is 6.29. The third-order valence-electron chi connectivity index (χ3n) is 5.68. The summed E-state index contributed by atoms with van der Waals surface area (Å²) in [5.74, 6) is -0.787. The number of piperidine rings is 1. The number of nitrogens with one attached hydrogen (secondary N) is 1. The molecule has 1 heterocycles. The molecule has 0 saturated carbocycles. The lowest BCUT2D eigenvalue weighted by Gasteiger charge is -2.38. The van der Waals surface area contributed by atoms with Crippen LogP contribution in [-0.2, 0) is 10.0 Å². The van der Waals surface area contributed by atoms with Gasteiger partial charge in [0.2, 0.25) is 0 Å². The Morgan fingerprint density at radius 3 is 2.32 bits per heavy atom. The summed E-state index contributed by atoms with van der Waals surface area (Å²) >= 11 is 5.68. The number of hydrogen-bond acceptors (Lipinski definition) is 4. The minimum atomic E-state index is -3.93. The maximum atomic E-state index is 13.3. The maximum absolute atomic E-state index is 13.3. The number of sulfonamides is 1. The average molecular weight is 468 g/mol. The zero-order valence-corrected chi connectivity index (χ0v) is 19.4. The molecular formula is C22H27ClFN3O3S. The molecule has 0 unspecified atom stereocenters. The van der Waals surface area contributed by atoms with Crippen LogP contribution in [0.15, 0.2) is 47.4 Å². The Kier molecular flexibility index (Phi) is 7.24. The smallest absolute Gasteiger partial charge is 0.261 e. The van der Waals surface area contributed by atoms with Crippen LogP contribution in [0.3, 0.4) is 0 Å². The molecule has 31 heavy (non-hydrogen) atoms. The fourth-order valence-electron chi connectivity index (χ4n) is 3.70. The number of halogens is 2. The van der Waals surface area contributed by atoms with Crippen LogP contribution in [0.4, 0.5) is 10.1 Å². The highest BCUT2D eigenvalue weighted by molar-refractivity contribution is 7.92. The van der Waals surface area contributed by atoms with Gasteiger partial charge in [-0.15, -0.1) is 0 Å². The lowest BCUT2D eigenvalue weighted by atomic mass is 10.0. The first kappa shape index (κ1) is 23.5. The minimum Gasteiger partial charge on any atom is -0.339 e. The highest BCUT2D eigenvalue weighted by Crippen LogP contribution is 2.23. The Balaban J connectivity index is 1.65. The fraction of sp³-hybridized carbons (Fsp3) is 0.409. The molecule has 2 aromatic carbocycles. The predicted octanol–water partition coefficient (Wildman–Crippen LogP) is 4.22. The summed E-state index contributed by atoms with van der Waals surface area (Å²) in [4.78, 5) is 16.9. The number of rotatable bonds is 6. The topological polar surface area (TPSA) is 69.7 Å². The number of anilines is 1. The van der Waals surface area contributed by atoms with Crippen LogP contribution in [0.5, 0.6) is 0 Å². The molecule has 0 aliphatic carbocycles. The van der Waals surface area contributed by atoms with E-state index < -0.39 is 15.8 Å². The van der Waals surface area contributed by atoms with Crippen LogP contribution in [0.2, 0.25) is 5.02 Å². The van der Waals surface area contributed by atoms with Crippen molar-refractivity contribution >= 4 is 33.2 Å². The summed E-state index contributed by atoms with van der Waals surface area (Å²) < 4.78 is 40.7. The number of hydrogen-bond donors (Lipinski definition) is 1. The molecule has 1 fully saturated rings.